The first kappa shape index (κ1) is 15.4. The van der Waals surface area contributed by atoms with Gasteiger partial charge in [-0.25, -0.2) is 4.39 Å². The van der Waals surface area contributed by atoms with Crippen LogP contribution in [0.25, 0.3) is 0 Å². The zero-order chi connectivity index (χ0) is 14.4. The van der Waals surface area contributed by atoms with E-state index in [1.807, 2.05) is 0 Å². The summed E-state index contributed by atoms with van der Waals surface area (Å²) in [6, 6.07) is 2.58. The molecule has 1 aromatic rings. The van der Waals surface area contributed by atoms with Gasteiger partial charge in [0.1, 0.15) is 5.82 Å². The van der Waals surface area contributed by atoms with Gasteiger partial charge >= 0.3 is 0 Å². The first-order chi connectivity index (χ1) is 8.95. The zero-order valence-corrected chi connectivity index (χ0v) is 11.1. The van der Waals surface area contributed by atoms with Crippen molar-refractivity contribution in [1.82, 2.24) is 5.32 Å². The Morgan fingerprint density at radius 1 is 1.58 bits per heavy atom. The van der Waals surface area contributed by atoms with Crippen molar-refractivity contribution in [2.75, 3.05) is 26.0 Å². The molecule has 0 aliphatic carbocycles. The number of aliphatic hydroxyl groups excluding tert-OH is 1. The largest absolute Gasteiger partial charge is 0.398 e. The minimum absolute atomic E-state index is 0.168. The number of aliphatic hydroxyl groups is 1. The third-order valence-electron chi connectivity index (χ3n) is 2.77. The Morgan fingerprint density at radius 3 is 2.84 bits per heavy atom. The fourth-order valence-electron chi connectivity index (χ4n) is 1.56. The fourth-order valence-corrected chi connectivity index (χ4v) is 1.56. The van der Waals surface area contributed by atoms with Crippen LogP contribution in [0, 0.1) is 12.7 Å². The van der Waals surface area contributed by atoms with E-state index in [4.69, 9.17) is 10.5 Å². The standard InChI is InChI=1S/C13H19FN2O3/c1-8-11(14)5-9(6-12(8)15)13(18)16-4-3-10(17)7-19-2/h5-6,10,17H,3-4,7,15H2,1-2H3,(H,16,18). The summed E-state index contributed by atoms with van der Waals surface area (Å²) in [4.78, 5) is 11.8. The lowest BCUT2D eigenvalue weighted by atomic mass is 10.1. The van der Waals surface area contributed by atoms with Crippen LogP contribution in [0.2, 0.25) is 0 Å². The fraction of sp³-hybridized carbons (Fsp3) is 0.462. The predicted molar refractivity (Wildman–Crippen MR) is 70.4 cm³/mol. The van der Waals surface area contributed by atoms with E-state index in [-0.39, 0.29) is 24.4 Å². The molecule has 1 amide bonds. The van der Waals surface area contributed by atoms with Crippen molar-refractivity contribution in [3.05, 3.63) is 29.1 Å². The molecule has 0 radical (unpaired) electrons. The average molecular weight is 270 g/mol. The Bertz CT molecular complexity index is 429. The van der Waals surface area contributed by atoms with Crippen LogP contribution < -0.4 is 11.1 Å². The highest BCUT2D eigenvalue weighted by atomic mass is 19.1. The van der Waals surface area contributed by atoms with Gasteiger partial charge in [0, 0.05) is 30.5 Å². The summed E-state index contributed by atoms with van der Waals surface area (Å²) in [5, 5.41) is 12.0. The van der Waals surface area contributed by atoms with Crippen molar-refractivity contribution >= 4 is 11.6 Å². The van der Waals surface area contributed by atoms with Crippen LogP contribution in [0.4, 0.5) is 10.1 Å². The Kier molecular flexibility index (Phi) is 5.72. The van der Waals surface area contributed by atoms with Gasteiger partial charge in [-0.1, -0.05) is 0 Å². The van der Waals surface area contributed by atoms with Crippen molar-refractivity contribution in [3.63, 3.8) is 0 Å². The molecule has 0 heterocycles. The minimum Gasteiger partial charge on any atom is -0.398 e. The number of ether oxygens (including phenoxy) is 1. The lowest BCUT2D eigenvalue weighted by Crippen LogP contribution is -2.28. The lowest BCUT2D eigenvalue weighted by molar-refractivity contribution is 0.0587. The number of hydrogen-bond donors (Lipinski definition) is 3. The quantitative estimate of drug-likeness (QED) is 0.669. The van der Waals surface area contributed by atoms with Crippen LogP contribution in [0.1, 0.15) is 22.3 Å². The molecular weight excluding hydrogens is 251 g/mol. The van der Waals surface area contributed by atoms with E-state index in [9.17, 15) is 14.3 Å². The van der Waals surface area contributed by atoms with E-state index in [2.05, 4.69) is 5.32 Å². The number of nitrogens with one attached hydrogen (secondary N) is 1. The summed E-state index contributed by atoms with van der Waals surface area (Å²) in [5.41, 5.74) is 6.33. The molecule has 0 aromatic heterocycles. The highest BCUT2D eigenvalue weighted by Gasteiger charge is 2.11. The van der Waals surface area contributed by atoms with Crippen molar-refractivity contribution in [2.45, 2.75) is 19.4 Å². The van der Waals surface area contributed by atoms with Crippen LogP contribution >= 0.6 is 0 Å². The summed E-state index contributed by atoms with van der Waals surface area (Å²) < 4.78 is 18.2. The second kappa shape index (κ2) is 7.06. The number of nitrogen functional groups attached to an aromatic ring is 1. The van der Waals surface area contributed by atoms with Gasteiger partial charge in [-0.05, 0) is 25.5 Å². The molecule has 0 saturated carbocycles. The Hall–Kier alpha value is -1.66. The third-order valence-corrected chi connectivity index (χ3v) is 2.77. The van der Waals surface area contributed by atoms with Gasteiger partial charge in [-0.3, -0.25) is 4.79 Å². The first-order valence-corrected chi connectivity index (χ1v) is 5.96. The second-order valence-corrected chi connectivity index (χ2v) is 4.33. The van der Waals surface area contributed by atoms with Gasteiger partial charge in [-0.2, -0.15) is 0 Å². The maximum absolute atomic E-state index is 13.4. The predicted octanol–water partition coefficient (Wildman–Crippen LogP) is 0.844. The van der Waals surface area contributed by atoms with E-state index < -0.39 is 17.8 Å². The topological polar surface area (TPSA) is 84.6 Å². The molecule has 19 heavy (non-hydrogen) atoms. The maximum Gasteiger partial charge on any atom is 0.251 e. The molecular formula is C13H19FN2O3. The summed E-state index contributed by atoms with van der Waals surface area (Å²) >= 11 is 0. The highest BCUT2D eigenvalue weighted by molar-refractivity contribution is 5.95. The number of anilines is 1. The molecule has 1 atom stereocenters. The average Bonchev–Trinajstić information content (AvgIpc) is 2.35. The van der Waals surface area contributed by atoms with Gasteiger partial charge in [0.15, 0.2) is 0 Å². The molecule has 6 heteroatoms. The van der Waals surface area contributed by atoms with Crippen molar-refractivity contribution in [1.29, 1.82) is 0 Å². The third kappa shape index (κ3) is 4.50. The number of rotatable bonds is 6. The molecule has 106 valence electrons. The summed E-state index contributed by atoms with van der Waals surface area (Å²) in [5.74, 6) is -0.931. The Morgan fingerprint density at radius 2 is 2.26 bits per heavy atom. The molecule has 1 rings (SSSR count). The van der Waals surface area contributed by atoms with Crippen LogP contribution in [0.3, 0.4) is 0 Å². The number of carbonyl (C=O) groups is 1. The van der Waals surface area contributed by atoms with E-state index >= 15 is 0 Å². The van der Waals surface area contributed by atoms with Crippen molar-refractivity contribution in [3.8, 4) is 0 Å². The number of amides is 1. The smallest absolute Gasteiger partial charge is 0.251 e. The molecule has 1 aromatic carbocycles. The molecule has 1 unspecified atom stereocenters. The van der Waals surface area contributed by atoms with Crippen molar-refractivity contribution < 1.29 is 19.0 Å². The SMILES string of the molecule is COCC(O)CCNC(=O)c1cc(N)c(C)c(F)c1. The normalized spacial score (nSPS) is 12.2. The molecule has 0 aliphatic heterocycles. The molecule has 0 aliphatic rings. The van der Waals surface area contributed by atoms with Gasteiger partial charge in [-0.15, -0.1) is 0 Å². The van der Waals surface area contributed by atoms with Crippen LogP contribution in [-0.4, -0.2) is 37.4 Å². The van der Waals surface area contributed by atoms with Crippen LogP contribution in [-0.2, 0) is 4.74 Å². The maximum atomic E-state index is 13.4. The van der Waals surface area contributed by atoms with E-state index in [0.29, 0.717) is 12.0 Å². The van der Waals surface area contributed by atoms with Crippen LogP contribution in [0.5, 0.6) is 0 Å². The summed E-state index contributed by atoms with van der Waals surface area (Å²) in [6.45, 7) is 2.04. The van der Waals surface area contributed by atoms with E-state index in [0.717, 1.165) is 6.07 Å². The van der Waals surface area contributed by atoms with E-state index in [1.54, 1.807) is 6.92 Å². The number of benzene rings is 1. The number of nitrogens with two attached hydrogens (primary N) is 1. The number of carbonyl (C=O) groups excluding carboxylic acids is 1. The molecule has 0 bridgehead atoms. The molecule has 0 spiro atoms. The van der Waals surface area contributed by atoms with Gasteiger partial charge < -0.3 is 20.9 Å². The van der Waals surface area contributed by atoms with Crippen LogP contribution in [0.15, 0.2) is 12.1 Å². The molecule has 0 fully saturated rings. The zero-order valence-electron chi connectivity index (χ0n) is 11.1. The Balaban J connectivity index is 2.55. The van der Waals surface area contributed by atoms with Gasteiger partial charge in [0.25, 0.3) is 5.91 Å². The van der Waals surface area contributed by atoms with Gasteiger partial charge in [0.2, 0.25) is 0 Å². The molecule has 0 saturated heterocycles. The Labute approximate surface area is 111 Å². The minimum atomic E-state index is -0.634. The highest BCUT2D eigenvalue weighted by Crippen LogP contribution is 2.17. The number of halogens is 1. The second-order valence-electron chi connectivity index (χ2n) is 4.33. The van der Waals surface area contributed by atoms with Gasteiger partial charge in [0.05, 0.1) is 12.7 Å². The monoisotopic (exact) mass is 270 g/mol. The lowest BCUT2D eigenvalue weighted by Gasteiger charge is -2.11. The number of hydrogen-bond acceptors (Lipinski definition) is 4. The summed E-state index contributed by atoms with van der Waals surface area (Å²) in [7, 11) is 1.49. The molecule has 4 N–H and O–H groups in total. The molecule has 5 nitrogen and oxygen atoms in total. The number of methoxy groups -OCH3 is 1. The first-order valence-electron chi connectivity index (χ1n) is 5.96. The van der Waals surface area contributed by atoms with E-state index in [1.165, 1.54) is 13.2 Å². The summed E-state index contributed by atoms with van der Waals surface area (Å²) in [6.07, 6.45) is -0.270. The van der Waals surface area contributed by atoms with Crippen molar-refractivity contribution in [2.24, 2.45) is 0 Å².